The van der Waals surface area contributed by atoms with Gasteiger partial charge in [-0.25, -0.2) is 0 Å². The normalized spacial score (nSPS) is 36.8. The van der Waals surface area contributed by atoms with Gasteiger partial charge in [0.25, 0.3) is 0 Å². The number of aliphatic hydroxyl groups excluding tert-OH is 4. The zero-order chi connectivity index (χ0) is 13.5. The molecule has 0 aromatic carbocycles. The Morgan fingerprint density at radius 2 is 1.72 bits per heavy atom. The first-order valence-corrected chi connectivity index (χ1v) is 7.58. The molecule has 0 aromatic heterocycles. The molecule has 108 valence electrons. The maximum Gasteiger partial charge on any atom is 0.132 e. The van der Waals surface area contributed by atoms with Crippen LogP contribution in [0, 0.1) is 0 Å². The Kier molecular flexibility index (Phi) is 7.51. The van der Waals surface area contributed by atoms with Crippen LogP contribution in [-0.2, 0) is 4.74 Å². The summed E-state index contributed by atoms with van der Waals surface area (Å²) in [5.74, 6) is 0.836. The highest BCUT2D eigenvalue weighted by Crippen LogP contribution is 2.29. The lowest BCUT2D eigenvalue weighted by molar-refractivity contribution is -0.205. The van der Waals surface area contributed by atoms with Crippen LogP contribution in [-0.4, -0.2) is 62.6 Å². The van der Waals surface area contributed by atoms with E-state index in [4.69, 9.17) is 9.84 Å². The Balaban J connectivity index is 2.35. The van der Waals surface area contributed by atoms with Crippen molar-refractivity contribution in [3.63, 3.8) is 0 Å². The molecular weight excluding hydrogens is 256 g/mol. The molecule has 1 heterocycles. The number of rotatable bonds is 7. The van der Waals surface area contributed by atoms with Crippen LogP contribution in [0.4, 0.5) is 0 Å². The van der Waals surface area contributed by atoms with Gasteiger partial charge in [0.15, 0.2) is 0 Å². The lowest BCUT2D eigenvalue weighted by atomic mass is 10.0. The minimum atomic E-state index is -1.26. The summed E-state index contributed by atoms with van der Waals surface area (Å²) in [6.45, 7) is 1.78. The number of thioether (sulfide) groups is 1. The summed E-state index contributed by atoms with van der Waals surface area (Å²) in [4.78, 5) is 0. The standard InChI is InChI=1S/C12H24O5S/c1-2-3-4-5-6-18-12-11(16)10(15)9(14)8(7-13)17-12/h8-16H,2-7H2,1H3/t8-,9+,10-,11-,12-/m0/s1. The van der Waals surface area contributed by atoms with E-state index >= 15 is 0 Å². The van der Waals surface area contributed by atoms with Crippen LogP contribution in [0.5, 0.6) is 0 Å². The van der Waals surface area contributed by atoms with Crippen molar-refractivity contribution in [2.75, 3.05) is 12.4 Å². The zero-order valence-corrected chi connectivity index (χ0v) is 11.6. The van der Waals surface area contributed by atoms with Crippen molar-refractivity contribution in [1.82, 2.24) is 0 Å². The molecule has 0 amide bonds. The van der Waals surface area contributed by atoms with Gasteiger partial charge < -0.3 is 25.2 Å². The summed E-state index contributed by atoms with van der Waals surface area (Å²) in [6, 6.07) is 0. The van der Waals surface area contributed by atoms with Gasteiger partial charge in [-0.15, -0.1) is 11.8 Å². The van der Waals surface area contributed by atoms with Crippen LogP contribution < -0.4 is 0 Å². The molecule has 5 nitrogen and oxygen atoms in total. The smallest absolute Gasteiger partial charge is 0.132 e. The molecule has 6 heteroatoms. The van der Waals surface area contributed by atoms with Crippen LogP contribution in [0.15, 0.2) is 0 Å². The number of hydrogen-bond donors (Lipinski definition) is 4. The van der Waals surface area contributed by atoms with Gasteiger partial charge in [-0.1, -0.05) is 26.2 Å². The third kappa shape index (κ3) is 4.36. The van der Waals surface area contributed by atoms with Crippen molar-refractivity contribution in [3.05, 3.63) is 0 Å². The van der Waals surface area contributed by atoms with Crippen LogP contribution in [0.25, 0.3) is 0 Å². The summed E-state index contributed by atoms with van der Waals surface area (Å²) in [6.07, 6.45) is 0.107. The van der Waals surface area contributed by atoms with Gasteiger partial charge in [-0.2, -0.15) is 0 Å². The largest absolute Gasteiger partial charge is 0.394 e. The van der Waals surface area contributed by atoms with Crippen molar-refractivity contribution >= 4 is 11.8 Å². The second-order valence-electron chi connectivity index (χ2n) is 4.63. The maximum atomic E-state index is 9.79. The van der Waals surface area contributed by atoms with Crippen LogP contribution in [0.3, 0.4) is 0 Å². The summed E-state index contributed by atoms with van der Waals surface area (Å²) >= 11 is 1.43. The third-order valence-corrected chi connectivity index (χ3v) is 4.37. The van der Waals surface area contributed by atoms with E-state index in [9.17, 15) is 15.3 Å². The first-order valence-electron chi connectivity index (χ1n) is 6.54. The third-order valence-electron chi connectivity index (χ3n) is 3.13. The Labute approximate surface area is 112 Å². The van der Waals surface area contributed by atoms with E-state index in [2.05, 4.69) is 6.92 Å². The van der Waals surface area contributed by atoms with Crippen molar-refractivity contribution in [1.29, 1.82) is 0 Å². The average molecular weight is 280 g/mol. The lowest BCUT2D eigenvalue weighted by Gasteiger charge is -2.39. The van der Waals surface area contributed by atoms with Gasteiger partial charge in [0.05, 0.1) is 6.61 Å². The van der Waals surface area contributed by atoms with Gasteiger partial charge >= 0.3 is 0 Å². The molecule has 0 bridgehead atoms. The number of hydrogen-bond acceptors (Lipinski definition) is 6. The molecule has 0 aliphatic carbocycles. The molecule has 0 aromatic rings. The monoisotopic (exact) mass is 280 g/mol. The highest BCUT2D eigenvalue weighted by Gasteiger charge is 2.43. The molecule has 1 fully saturated rings. The fourth-order valence-corrected chi connectivity index (χ4v) is 3.12. The average Bonchev–Trinajstić information content (AvgIpc) is 2.38. The van der Waals surface area contributed by atoms with E-state index in [1.165, 1.54) is 24.6 Å². The van der Waals surface area contributed by atoms with Crippen LogP contribution >= 0.6 is 11.8 Å². The molecule has 0 radical (unpaired) electrons. The molecule has 1 aliphatic rings. The van der Waals surface area contributed by atoms with Crippen LogP contribution in [0.2, 0.25) is 0 Å². The minimum Gasteiger partial charge on any atom is -0.394 e. The van der Waals surface area contributed by atoms with Crippen molar-refractivity contribution in [2.24, 2.45) is 0 Å². The van der Waals surface area contributed by atoms with E-state index in [0.29, 0.717) is 0 Å². The number of ether oxygens (including phenoxy) is 1. The van der Waals surface area contributed by atoms with E-state index in [1.807, 2.05) is 0 Å². The van der Waals surface area contributed by atoms with Gasteiger partial charge in [-0.3, -0.25) is 0 Å². The lowest BCUT2D eigenvalue weighted by Crippen LogP contribution is -2.57. The fourth-order valence-electron chi connectivity index (χ4n) is 1.93. The Morgan fingerprint density at radius 1 is 1.00 bits per heavy atom. The molecule has 4 N–H and O–H groups in total. The predicted molar refractivity (Wildman–Crippen MR) is 70.4 cm³/mol. The predicted octanol–water partition coefficient (Wildman–Crippen LogP) is 0.0998. The SMILES string of the molecule is CCCCCCS[C@@H]1O[C@@H](CO)[C@@H](O)[C@H](O)[C@@H]1O. The second kappa shape index (κ2) is 8.35. The molecule has 0 unspecified atom stereocenters. The van der Waals surface area contributed by atoms with Gasteiger partial charge in [0.2, 0.25) is 0 Å². The summed E-state index contributed by atoms with van der Waals surface area (Å²) < 4.78 is 5.39. The van der Waals surface area contributed by atoms with Gasteiger partial charge in [-0.05, 0) is 12.2 Å². The molecule has 1 rings (SSSR count). The van der Waals surface area contributed by atoms with Gasteiger partial charge in [0.1, 0.15) is 29.9 Å². The van der Waals surface area contributed by atoms with Crippen molar-refractivity contribution in [3.8, 4) is 0 Å². The topological polar surface area (TPSA) is 90.2 Å². The van der Waals surface area contributed by atoms with E-state index in [-0.39, 0.29) is 6.61 Å². The van der Waals surface area contributed by atoms with E-state index in [1.54, 1.807) is 0 Å². The first kappa shape index (κ1) is 16.2. The molecule has 0 saturated carbocycles. The van der Waals surface area contributed by atoms with E-state index < -0.39 is 29.9 Å². The molecule has 1 saturated heterocycles. The molecule has 1 aliphatic heterocycles. The first-order chi connectivity index (χ1) is 8.61. The quantitative estimate of drug-likeness (QED) is 0.495. The number of aliphatic hydroxyl groups is 4. The Hall–Kier alpha value is 0.150. The van der Waals surface area contributed by atoms with Crippen molar-refractivity contribution in [2.45, 2.75) is 62.5 Å². The highest BCUT2D eigenvalue weighted by molar-refractivity contribution is 7.99. The molecule has 18 heavy (non-hydrogen) atoms. The van der Waals surface area contributed by atoms with Crippen LogP contribution in [0.1, 0.15) is 32.6 Å². The molecular formula is C12H24O5S. The zero-order valence-electron chi connectivity index (χ0n) is 10.7. The summed E-state index contributed by atoms with van der Waals surface area (Å²) in [5, 5.41) is 38.0. The molecule has 0 spiro atoms. The Morgan fingerprint density at radius 3 is 2.33 bits per heavy atom. The van der Waals surface area contributed by atoms with Crippen molar-refractivity contribution < 1.29 is 25.2 Å². The summed E-state index contributed by atoms with van der Waals surface area (Å²) in [7, 11) is 0. The van der Waals surface area contributed by atoms with E-state index in [0.717, 1.165) is 18.6 Å². The fraction of sp³-hybridized carbons (Fsp3) is 1.00. The number of unbranched alkanes of at least 4 members (excludes halogenated alkanes) is 3. The molecule has 5 atom stereocenters. The maximum absolute atomic E-state index is 9.79. The Bertz CT molecular complexity index is 227. The second-order valence-corrected chi connectivity index (χ2v) is 5.83. The van der Waals surface area contributed by atoms with Gasteiger partial charge in [0, 0.05) is 0 Å². The summed E-state index contributed by atoms with van der Waals surface area (Å²) in [5.41, 5.74) is -0.581. The highest BCUT2D eigenvalue weighted by atomic mass is 32.2. The minimum absolute atomic E-state index is 0.363.